The average molecular weight is 442 g/mol. The fourth-order valence-electron chi connectivity index (χ4n) is 4.90. The standard InChI is InChI=1S/C24H35N5O3/c1-15(2)24(31)28-11-5-8-21(28)20-13-22-26-16(3)19(17(4)29(22)27-20)9-10-23(30)25-14-18-7-6-12-32-18/h13,15,18,21H,5-12,14H2,1-4H3,(H,25,30). The minimum atomic E-state index is -0.0206. The summed E-state index contributed by atoms with van der Waals surface area (Å²) in [4.78, 5) is 31.7. The molecule has 1 N–H and O–H groups in total. The second-order valence-corrected chi connectivity index (χ2v) is 9.38. The molecule has 4 rings (SSSR count). The lowest BCUT2D eigenvalue weighted by Gasteiger charge is -2.25. The van der Waals surface area contributed by atoms with Crippen LogP contribution in [0.2, 0.25) is 0 Å². The van der Waals surface area contributed by atoms with Crippen LogP contribution in [0.15, 0.2) is 6.07 Å². The zero-order valence-electron chi connectivity index (χ0n) is 19.7. The topological polar surface area (TPSA) is 88.8 Å². The molecule has 0 aliphatic carbocycles. The number of hydrogen-bond acceptors (Lipinski definition) is 5. The summed E-state index contributed by atoms with van der Waals surface area (Å²) >= 11 is 0. The molecule has 2 aliphatic rings. The lowest BCUT2D eigenvalue weighted by Crippen LogP contribution is -2.33. The molecule has 2 aliphatic heterocycles. The SMILES string of the molecule is Cc1nc2cc(C3CCCN3C(=O)C(C)C)nn2c(C)c1CCC(=O)NCC1CCCO1. The molecule has 0 bridgehead atoms. The van der Waals surface area contributed by atoms with Gasteiger partial charge in [0, 0.05) is 49.5 Å². The second-order valence-electron chi connectivity index (χ2n) is 9.38. The number of amides is 2. The summed E-state index contributed by atoms with van der Waals surface area (Å²) in [7, 11) is 0. The number of aromatic nitrogens is 3. The van der Waals surface area contributed by atoms with Crippen molar-refractivity contribution in [3.8, 4) is 0 Å². The highest BCUT2D eigenvalue weighted by molar-refractivity contribution is 5.79. The van der Waals surface area contributed by atoms with Crippen LogP contribution in [0, 0.1) is 19.8 Å². The highest BCUT2D eigenvalue weighted by Gasteiger charge is 2.33. The number of fused-ring (bicyclic) bond motifs is 1. The molecule has 0 radical (unpaired) electrons. The number of nitrogens with one attached hydrogen (secondary N) is 1. The Hall–Kier alpha value is -2.48. The molecule has 8 heteroatoms. The van der Waals surface area contributed by atoms with E-state index < -0.39 is 0 Å². The van der Waals surface area contributed by atoms with Crippen LogP contribution in [0.3, 0.4) is 0 Å². The maximum absolute atomic E-state index is 12.6. The van der Waals surface area contributed by atoms with Gasteiger partial charge in [0.25, 0.3) is 0 Å². The first-order valence-electron chi connectivity index (χ1n) is 11.9. The largest absolute Gasteiger partial charge is 0.376 e. The number of carbonyl (C=O) groups is 2. The van der Waals surface area contributed by atoms with E-state index in [1.54, 1.807) is 0 Å². The Kier molecular flexibility index (Phi) is 6.79. The van der Waals surface area contributed by atoms with Gasteiger partial charge in [-0.05, 0) is 51.5 Å². The lowest BCUT2D eigenvalue weighted by molar-refractivity contribution is -0.135. The van der Waals surface area contributed by atoms with Crippen LogP contribution >= 0.6 is 0 Å². The van der Waals surface area contributed by atoms with E-state index in [9.17, 15) is 9.59 Å². The molecule has 4 heterocycles. The van der Waals surface area contributed by atoms with Crippen molar-refractivity contribution >= 4 is 17.5 Å². The van der Waals surface area contributed by atoms with Crippen molar-refractivity contribution in [2.45, 2.75) is 78.4 Å². The number of nitrogens with zero attached hydrogens (tertiary/aromatic N) is 4. The van der Waals surface area contributed by atoms with Crippen LogP contribution in [0.4, 0.5) is 0 Å². The van der Waals surface area contributed by atoms with E-state index in [2.05, 4.69) is 5.32 Å². The van der Waals surface area contributed by atoms with E-state index in [4.69, 9.17) is 14.8 Å². The normalized spacial score (nSPS) is 21.1. The van der Waals surface area contributed by atoms with Crippen LogP contribution in [-0.2, 0) is 20.7 Å². The van der Waals surface area contributed by atoms with Gasteiger partial charge in [0.2, 0.25) is 11.8 Å². The summed E-state index contributed by atoms with van der Waals surface area (Å²) in [5.74, 6) is 0.196. The Morgan fingerprint density at radius 3 is 2.78 bits per heavy atom. The van der Waals surface area contributed by atoms with E-state index in [0.717, 1.165) is 67.1 Å². The molecule has 2 fully saturated rings. The fourth-order valence-corrected chi connectivity index (χ4v) is 4.90. The minimum absolute atomic E-state index is 0.0124. The number of rotatable bonds is 7. The highest BCUT2D eigenvalue weighted by atomic mass is 16.5. The summed E-state index contributed by atoms with van der Waals surface area (Å²) in [5, 5.41) is 7.84. The van der Waals surface area contributed by atoms with Crippen molar-refractivity contribution in [1.29, 1.82) is 0 Å². The van der Waals surface area contributed by atoms with Gasteiger partial charge in [0.05, 0.1) is 17.8 Å². The van der Waals surface area contributed by atoms with Gasteiger partial charge in [-0.1, -0.05) is 13.8 Å². The minimum Gasteiger partial charge on any atom is -0.376 e. The Balaban J connectivity index is 1.48. The van der Waals surface area contributed by atoms with Gasteiger partial charge in [-0.3, -0.25) is 9.59 Å². The summed E-state index contributed by atoms with van der Waals surface area (Å²) < 4.78 is 7.44. The van der Waals surface area contributed by atoms with Crippen LogP contribution in [-0.4, -0.2) is 57.1 Å². The van der Waals surface area contributed by atoms with Crippen LogP contribution in [0.5, 0.6) is 0 Å². The predicted molar refractivity (Wildman–Crippen MR) is 121 cm³/mol. The summed E-state index contributed by atoms with van der Waals surface area (Å²) in [6, 6.07) is 2.02. The van der Waals surface area contributed by atoms with E-state index in [1.165, 1.54) is 0 Å². The van der Waals surface area contributed by atoms with Crippen LogP contribution in [0.25, 0.3) is 5.65 Å². The third-order valence-electron chi connectivity index (χ3n) is 6.71. The molecule has 8 nitrogen and oxygen atoms in total. The van der Waals surface area contributed by atoms with Gasteiger partial charge >= 0.3 is 0 Å². The molecule has 2 aromatic heterocycles. The first kappa shape index (κ1) is 22.7. The predicted octanol–water partition coefficient (Wildman–Crippen LogP) is 2.89. The summed E-state index contributed by atoms with van der Waals surface area (Å²) in [5.41, 5.74) is 4.68. The Labute approximate surface area is 189 Å². The van der Waals surface area contributed by atoms with E-state index in [-0.39, 0.29) is 29.9 Å². The lowest BCUT2D eigenvalue weighted by atomic mass is 10.1. The van der Waals surface area contributed by atoms with Crippen LogP contribution in [0.1, 0.15) is 74.6 Å². The van der Waals surface area contributed by atoms with Crippen molar-refractivity contribution in [3.63, 3.8) is 0 Å². The highest BCUT2D eigenvalue weighted by Crippen LogP contribution is 2.33. The summed E-state index contributed by atoms with van der Waals surface area (Å²) in [6.45, 7) is 10.1. The first-order chi connectivity index (χ1) is 15.3. The van der Waals surface area contributed by atoms with Gasteiger partial charge < -0.3 is 15.0 Å². The smallest absolute Gasteiger partial charge is 0.225 e. The first-order valence-corrected chi connectivity index (χ1v) is 11.9. The molecule has 2 unspecified atom stereocenters. The molecule has 0 spiro atoms. The molecule has 2 aromatic rings. The molecular formula is C24H35N5O3. The van der Waals surface area contributed by atoms with Crippen molar-refractivity contribution in [2.24, 2.45) is 5.92 Å². The van der Waals surface area contributed by atoms with Crippen molar-refractivity contribution in [3.05, 3.63) is 28.7 Å². The summed E-state index contributed by atoms with van der Waals surface area (Å²) in [6.07, 6.45) is 5.19. The van der Waals surface area contributed by atoms with Gasteiger partial charge in [0.15, 0.2) is 5.65 Å². The maximum Gasteiger partial charge on any atom is 0.225 e. The second kappa shape index (κ2) is 9.57. The zero-order chi connectivity index (χ0) is 22.8. The number of ether oxygens (including phenoxy) is 1. The van der Waals surface area contributed by atoms with E-state index in [1.807, 2.05) is 43.2 Å². The Morgan fingerprint density at radius 1 is 1.25 bits per heavy atom. The fraction of sp³-hybridized carbons (Fsp3) is 0.667. The Bertz CT molecular complexity index is 993. The van der Waals surface area contributed by atoms with Gasteiger partial charge in [-0.25, -0.2) is 9.50 Å². The molecular weight excluding hydrogens is 406 g/mol. The van der Waals surface area contributed by atoms with Crippen molar-refractivity contribution < 1.29 is 14.3 Å². The Morgan fingerprint density at radius 2 is 2.06 bits per heavy atom. The number of carbonyl (C=O) groups excluding carboxylic acids is 2. The third-order valence-corrected chi connectivity index (χ3v) is 6.71. The molecule has 2 saturated heterocycles. The molecule has 2 atom stereocenters. The monoisotopic (exact) mass is 441 g/mol. The molecule has 174 valence electrons. The molecule has 0 aromatic carbocycles. The molecule has 0 saturated carbocycles. The number of hydrogen-bond donors (Lipinski definition) is 1. The third kappa shape index (κ3) is 4.65. The van der Waals surface area contributed by atoms with E-state index >= 15 is 0 Å². The molecule has 32 heavy (non-hydrogen) atoms. The van der Waals surface area contributed by atoms with Crippen molar-refractivity contribution in [2.75, 3.05) is 19.7 Å². The number of aryl methyl sites for hydroxylation is 2. The van der Waals surface area contributed by atoms with Crippen molar-refractivity contribution in [1.82, 2.24) is 24.8 Å². The average Bonchev–Trinajstić information content (AvgIpc) is 3.51. The maximum atomic E-state index is 12.6. The van der Waals surface area contributed by atoms with Gasteiger partial charge in [-0.15, -0.1) is 0 Å². The molecule has 2 amide bonds. The quantitative estimate of drug-likeness (QED) is 0.714. The van der Waals surface area contributed by atoms with Crippen LogP contribution < -0.4 is 5.32 Å². The van der Waals surface area contributed by atoms with E-state index in [0.29, 0.717) is 19.4 Å². The zero-order valence-corrected chi connectivity index (χ0v) is 19.7. The van der Waals surface area contributed by atoms with Gasteiger partial charge in [-0.2, -0.15) is 5.10 Å². The number of likely N-dealkylation sites (tertiary alicyclic amines) is 1. The van der Waals surface area contributed by atoms with Gasteiger partial charge in [0.1, 0.15) is 0 Å².